The number of amides is 1. The third-order valence-corrected chi connectivity index (χ3v) is 5.63. The molecule has 25 heavy (non-hydrogen) atoms. The molecule has 2 saturated heterocycles. The first-order valence-corrected chi connectivity index (χ1v) is 9.54. The van der Waals surface area contributed by atoms with E-state index in [0.717, 1.165) is 25.4 Å². The number of nitrogens with zero attached hydrogens (tertiary/aromatic N) is 1. The van der Waals surface area contributed by atoms with E-state index in [9.17, 15) is 4.79 Å². The molecule has 138 valence electrons. The zero-order valence-electron chi connectivity index (χ0n) is 15.7. The van der Waals surface area contributed by atoms with Gasteiger partial charge in [0.1, 0.15) is 6.04 Å². The molecule has 0 aliphatic carbocycles. The SMILES string of the molecule is CC1CCCN(C(C)(C)CNC(=O)C2CC(c3ccccc3)NN2)C1. The van der Waals surface area contributed by atoms with Crippen LogP contribution in [-0.2, 0) is 4.79 Å². The van der Waals surface area contributed by atoms with E-state index in [1.54, 1.807) is 0 Å². The van der Waals surface area contributed by atoms with Gasteiger partial charge in [-0.05, 0) is 51.1 Å². The van der Waals surface area contributed by atoms with Crippen molar-refractivity contribution >= 4 is 5.91 Å². The summed E-state index contributed by atoms with van der Waals surface area (Å²) in [6.45, 7) is 9.73. The number of likely N-dealkylation sites (tertiary alicyclic amines) is 1. The van der Waals surface area contributed by atoms with Crippen LogP contribution < -0.4 is 16.2 Å². The molecule has 0 spiro atoms. The van der Waals surface area contributed by atoms with Gasteiger partial charge in [0.25, 0.3) is 0 Å². The van der Waals surface area contributed by atoms with E-state index in [1.807, 2.05) is 18.2 Å². The van der Waals surface area contributed by atoms with Crippen molar-refractivity contribution in [1.29, 1.82) is 0 Å². The summed E-state index contributed by atoms with van der Waals surface area (Å²) in [5.41, 5.74) is 7.61. The second kappa shape index (κ2) is 7.85. The zero-order chi connectivity index (χ0) is 17.9. The maximum atomic E-state index is 12.6. The van der Waals surface area contributed by atoms with Gasteiger partial charge in [0, 0.05) is 24.7 Å². The molecule has 1 aromatic rings. The van der Waals surface area contributed by atoms with Crippen LogP contribution >= 0.6 is 0 Å². The summed E-state index contributed by atoms with van der Waals surface area (Å²) in [5, 5.41) is 3.17. The van der Waals surface area contributed by atoms with Gasteiger partial charge in [-0.25, -0.2) is 10.9 Å². The quantitative estimate of drug-likeness (QED) is 0.767. The number of carbonyl (C=O) groups excluding carboxylic acids is 1. The fourth-order valence-electron chi connectivity index (χ4n) is 3.91. The lowest BCUT2D eigenvalue weighted by Gasteiger charge is -2.43. The predicted octanol–water partition coefficient (Wildman–Crippen LogP) is 2.22. The van der Waals surface area contributed by atoms with Gasteiger partial charge in [-0.1, -0.05) is 37.3 Å². The standard InChI is InChI=1S/C20H32N4O/c1-15-8-7-11-24(13-15)20(2,3)14-21-19(25)18-12-17(22-23-18)16-9-5-4-6-10-16/h4-6,9-10,15,17-18,22-23H,7-8,11-14H2,1-3H3,(H,21,25). The van der Waals surface area contributed by atoms with Crippen molar-refractivity contribution in [2.24, 2.45) is 5.92 Å². The Morgan fingerprint density at radius 2 is 2.04 bits per heavy atom. The molecule has 5 heteroatoms. The third-order valence-electron chi connectivity index (χ3n) is 5.63. The van der Waals surface area contributed by atoms with Gasteiger partial charge in [0.15, 0.2) is 0 Å². The van der Waals surface area contributed by atoms with E-state index < -0.39 is 0 Å². The van der Waals surface area contributed by atoms with E-state index >= 15 is 0 Å². The molecule has 2 aliphatic heterocycles. The minimum Gasteiger partial charge on any atom is -0.353 e. The van der Waals surface area contributed by atoms with E-state index in [1.165, 1.54) is 18.4 Å². The number of benzene rings is 1. The van der Waals surface area contributed by atoms with Crippen molar-refractivity contribution in [3.05, 3.63) is 35.9 Å². The van der Waals surface area contributed by atoms with Gasteiger partial charge in [0.2, 0.25) is 5.91 Å². The number of carbonyl (C=O) groups is 1. The summed E-state index contributed by atoms with van der Waals surface area (Å²) in [6, 6.07) is 10.3. The van der Waals surface area contributed by atoms with Gasteiger partial charge in [-0.15, -0.1) is 0 Å². The molecule has 3 atom stereocenters. The Bertz CT molecular complexity index is 574. The molecule has 0 bridgehead atoms. The molecule has 3 unspecified atom stereocenters. The Balaban J connectivity index is 1.49. The largest absolute Gasteiger partial charge is 0.353 e. The molecule has 2 heterocycles. The molecule has 2 fully saturated rings. The summed E-state index contributed by atoms with van der Waals surface area (Å²) < 4.78 is 0. The number of nitrogens with one attached hydrogen (secondary N) is 3. The smallest absolute Gasteiger partial charge is 0.238 e. The van der Waals surface area contributed by atoms with Crippen LogP contribution in [0.25, 0.3) is 0 Å². The number of hydrogen-bond donors (Lipinski definition) is 3. The van der Waals surface area contributed by atoms with Crippen LogP contribution in [-0.4, -0.2) is 42.0 Å². The topological polar surface area (TPSA) is 56.4 Å². The van der Waals surface area contributed by atoms with Crippen LogP contribution in [0.1, 0.15) is 51.6 Å². The number of rotatable bonds is 5. The van der Waals surface area contributed by atoms with E-state index in [2.05, 4.69) is 54.0 Å². The van der Waals surface area contributed by atoms with Crippen LogP contribution in [0, 0.1) is 5.92 Å². The van der Waals surface area contributed by atoms with Crippen LogP contribution in [0.2, 0.25) is 0 Å². The molecule has 0 aromatic heterocycles. The molecule has 0 saturated carbocycles. The predicted molar refractivity (Wildman–Crippen MR) is 101 cm³/mol. The number of hydrazine groups is 1. The first kappa shape index (κ1) is 18.4. The van der Waals surface area contributed by atoms with E-state index in [-0.39, 0.29) is 23.5 Å². The van der Waals surface area contributed by atoms with Crippen molar-refractivity contribution in [3.8, 4) is 0 Å². The highest BCUT2D eigenvalue weighted by Gasteiger charge is 2.33. The Labute approximate surface area is 151 Å². The number of hydrogen-bond acceptors (Lipinski definition) is 4. The van der Waals surface area contributed by atoms with Crippen LogP contribution in [0.5, 0.6) is 0 Å². The average Bonchev–Trinajstić information content (AvgIpc) is 3.11. The van der Waals surface area contributed by atoms with Crippen LogP contribution in [0.3, 0.4) is 0 Å². The maximum Gasteiger partial charge on any atom is 0.238 e. The van der Waals surface area contributed by atoms with Crippen LogP contribution in [0.15, 0.2) is 30.3 Å². The average molecular weight is 345 g/mol. The van der Waals surface area contributed by atoms with Crippen molar-refractivity contribution in [1.82, 2.24) is 21.1 Å². The zero-order valence-corrected chi connectivity index (χ0v) is 15.7. The van der Waals surface area contributed by atoms with E-state index in [4.69, 9.17) is 0 Å². The molecule has 1 aromatic carbocycles. The summed E-state index contributed by atoms with van der Waals surface area (Å²) in [7, 11) is 0. The minimum absolute atomic E-state index is 0.00476. The first-order chi connectivity index (χ1) is 12.0. The molecular weight excluding hydrogens is 312 g/mol. The van der Waals surface area contributed by atoms with Crippen molar-refractivity contribution in [2.45, 2.75) is 57.7 Å². The summed E-state index contributed by atoms with van der Waals surface area (Å²) in [4.78, 5) is 15.1. The highest BCUT2D eigenvalue weighted by Crippen LogP contribution is 2.24. The fourth-order valence-corrected chi connectivity index (χ4v) is 3.91. The maximum absolute atomic E-state index is 12.6. The summed E-state index contributed by atoms with van der Waals surface area (Å²) in [6.07, 6.45) is 3.35. The molecule has 1 amide bonds. The normalized spacial score (nSPS) is 28.0. The van der Waals surface area contributed by atoms with Crippen molar-refractivity contribution in [3.63, 3.8) is 0 Å². The highest BCUT2D eigenvalue weighted by atomic mass is 16.2. The monoisotopic (exact) mass is 344 g/mol. The van der Waals surface area contributed by atoms with Gasteiger partial charge >= 0.3 is 0 Å². The Kier molecular flexibility index (Phi) is 5.77. The highest BCUT2D eigenvalue weighted by molar-refractivity contribution is 5.82. The lowest BCUT2D eigenvalue weighted by molar-refractivity contribution is -0.123. The summed E-state index contributed by atoms with van der Waals surface area (Å²) in [5.74, 6) is 0.833. The second-order valence-electron chi connectivity index (χ2n) is 8.26. The molecule has 2 aliphatic rings. The van der Waals surface area contributed by atoms with Gasteiger partial charge in [-0.2, -0.15) is 0 Å². The van der Waals surface area contributed by atoms with Gasteiger partial charge in [-0.3, -0.25) is 9.69 Å². The molecule has 0 radical (unpaired) electrons. The molecular formula is C20H32N4O. The molecule has 3 rings (SSSR count). The minimum atomic E-state index is -0.179. The van der Waals surface area contributed by atoms with E-state index in [0.29, 0.717) is 6.54 Å². The Morgan fingerprint density at radius 1 is 1.28 bits per heavy atom. The summed E-state index contributed by atoms with van der Waals surface area (Å²) >= 11 is 0. The fraction of sp³-hybridized carbons (Fsp3) is 0.650. The lowest BCUT2D eigenvalue weighted by atomic mass is 9.93. The lowest BCUT2D eigenvalue weighted by Crippen LogP contribution is -2.56. The van der Waals surface area contributed by atoms with Crippen molar-refractivity contribution < 1.29 is 4.79 Å². The molecule has 3 N–H and O–H groups in total. The van der Waals surface area contributed by atoms with Crippen LogP contribution in [0.4, 0.5) is 0 Å². The van der Waals surface area contributed by atoms with Crippen molar-refractivity contribution in [2.75, 3.05) is 19.6 Å². The molecule has 5 nitrogen and oxygen atoms in total. The third kappa shape index (κ3) is 4.60. The Hall–Kier alpha value is -1.43. The Morgan fingerprint density at radius 3 is 2.76 bits per heavy atom. The number of piperidine rings is 1. The van der Waals surface area contributed by atoms with Gasteiger partial charge in [0.05, 0.1) is 0 Å². The first-order valence-electron chi connectivity index (χ1n) is 9.54. The van der Waals surface area contributed by atoms with Gasteiger partial charge < -0.3 is 5.32 Å². The second-order valence-corrected chi connectivity index (χ2v) is 8.26.